The standard InChI is InChI=1S/C44H31N3O2.C32H20N2O2.C32H21NO2.C26H19NO2/c48-44-39-24-21-36(27-31(39)30-49-44)47-42-25-22-37(45(32-13-5-1-6-14-32)33-15-7-2-8-16-33)28-40(42)41-29-38(23-26-43(41)47)46(34-17-9-3-10-18-34)35-19-11-4-12-20-35;35-32-23-15-13-21(17-20(23)19-36-32)33-30-12-6-3-9-26(30)27-18-22(14-16-31(27)33)34-28-10-4-1-7-24(28)25-8-2-5-11-29(25)34;34-32-27-14-13-26(17-25(27)20-35-32)33-30-15-11-23(21-7-3-1-4-8-21)18-28(30)29-19-24(12-16-31(29)33)22-9-5-2-6-10-22;28-26-25-16-13-20(17-21(25)18-29-26)19-11-14-24(15-12-19)27(22-7-3-1-4-8-22)23-9-5-2-6-10-23/h1-29H,30H2;1-18H,19H2;1-19H,20H2;1-17H,18H2. The number of carbonyl (C=O) groups excluding carboxylic acids is 4. The van der Waals surface area contributed by atoms with Gasteiger partial charge in [0.05, 0.1) is 66.4 Å². The van der Waals surface area contributed by atoms with Crippen LogP contribution in [0.15, 0.2) is 504 Å². The number of anilines is 9. The van der Waals surface area contributed by atoms with E-state index in [4.69, 9.17) is 18.9 Å². The summed E-state index contributed by atoms with van der Waals surface area (Å²) in [6.07, 6.45) is 0. The van der Waals surface area contributed by atoms with Crippen molar-refractivity contribution in [1.29, 1.82) is 0 Å². The highest BCUT2D eigenvalue weighted by Crippen LogP contribution is 2.48. The maximum Gasteiger partial charge on any atom is 0.338 e. The van der Waals surface area contributed by atoms with E-state index in [0.29, 0.717) is 48.7 Å². The van der Waals surface area contributed by atoms with Crippen LogP contribution in [0.3, 0.4) is 0 Å². The second kappa shape index (κ2) is 38.1. The zero-order chi connectivity index (χ0) is 99.5. The highest BCUT2D eigenvalue weighted by atomic mass is 16.5. The molecule has 710 valence electrons. The van der Waals surface area contributed by atoms with Gasteiger partial charge in [0.15, 0.2) is 0 Å². The van der Waals surface area contributed by atoms with Crippen molar-refractivity contribution in [1.82, 2.24) is 18.3 Å². The van der Waals surface area contributed by atoms with Gasteiger partial charge in [-0.15, -0.1) is 0 Å². The van der Waals surface area contributed by atoms with E-state index in [0.717, 1.165) is 151 Å². The molecular formula is C134H91N7O8. The molecule has 0 saturated carbocycles. The number of aromatic nitrogens is 4. The van der Waals surface area contributed by atoms with Crippen molar-refractivity contribution < 1.29 is 38.1 Å². The SMILES string of the molecule is O=C1OCc2cc(-c3ccc(N(c4ccccc4)c4ccccc4)cc3)ccc21.O=C1OCc2cc(-n3c4ccc(-c5ccccc5)cc4c4cc(-c5ccccc5)ccc43)ccc21.O=C1OCc2cc(-n3c4ccc(N(c5ccccc5)c5ccccc5)cc4c4cc(N(c5ccccc5)c5ccccc5)ccc43)ccc21.O=C1OCc2cc(-n3c4ccccc4c4cc(-n5c6ccccc6c6ccccc65)ccc43)ccc21. The maximum atomic E-state index is 12.3. The normalized spacial score (nSPS) is 12.6. The average molecular weight is 1930 g/mol. The van der Waals surface area contributed by atoms with Crippen LogP contribution in [0.25, 0.3) is 143 Å². The van der Waals surface area contributed by atoms with Gasteiger partial charge < -0.3 is 51.9 Å². The third kappa shape index (κ3) is 16.4. The first kappa shape index (κ1) is 89.2. The Morgan fingerprint density at radius 2 is 0.362 bits per heavy atom. The smallest absolute Gasteiger partial charge is 0.338 e. The first-order chi connectivity index (χ1) is 73.6. The Balaban J connectivity index is 0.000000102. The zero-order valence-corrected chi connectivity index (χ0v) is 80.6. The van der Waals surface area contributed by atoms with Crippen molar-refractivity contribution >= 4 is 162 Å². The number of cyclic esters (lactones) is 4. The highest BCUT2D eigenvalue weighted by Gasteiger charge is 2.30. The van der Waals surface area contributed by atoms with Crippen LogP contribution in [-0.4, -0.2) is 42.1 Å². The Morgan fingerprint density at radius 3 is 0.705 bits per heavy atom. The molecule has 0 saturated heterocycles. The van der Waals surface area contributed by atoms with Gasteiger partial charge in [-0.3, -0.25) is 0 Å². The molecule has 4 aromatic heterocycles. The average Bonchev–Trinajstić information content (AvgIpc) is 1.57. The number of hydrogen-bond donors (Lipinski definition) is 0. The van der Waals surface area contributed by atoms with Gasteiger partial charge in [0, 0.05) is 139 Å². The van der Waals surface area contributed by atoms with Crippen molar-refractivity contribution in [3.8, 4) is 56.1 Å². The number of esters is 4. The molecule has 15 nitrogen and oxygen atoms in total. The molecule has 0 N–H and O–H groups in total. The molecule has 21 aromatic carbocycles. The van der Waals surface area contributed by atoms with Crippen molar-refractivity contribution in [3.05, 3.63) is 548 Å². The zero-order valence-electron chi connectivity index (χ0n) is 80.6. The number of nitrogens with zero attached hydrogens (tertiary/aromatic N) is 7. The molecule has 0 fully saturated rings. The summed E-state index contributed by atoms with van der Waals surface area (Å²) in [7, 11) is 0. The van der Waals surface area contributed by atoms with Crippen LogP contribution in [-0.2, 0) is 45.4 Å². The Labute approximate surface area is 858 Å². The number of ether oxygens (including phenoxy) is 4. The van der Waals surface area contributed by atoms with E-state index in [1.54, 1.807) is 0 Å². The molecule has 29 rings (SSSR count). The van der Waals surface area contributed by atoms with E-state index in [1.807, 2.05) is 127 Å². The predicted molar refractivity (Wildman–Crippen MR) is 600 cm³/mol. The van der Waals surface area contributed by atoms with Gasteiger partial charge in [0.2, 0.25) is 0 Å². The number of para-hydroxylation sites is 9. The molecule has 0 aliphatic carbocycles. The van der Waals surface area contributed by atoms with E-state index < -0.39 is 0 Å². The molecule has 4 aliphatic rings. The van der Waals surface area contributed by atoms with E-state index in [2.05, 4.69) is 409 Å². The first-order valence-corrected chi connectivity index (χ1v) is 49.9. The summed E-state index contributed by atoms with van der Waals surface area (Å²) in [4.78, 5) is 54.8. The van der Waals surface area contributed by atoms with Crippen LogP contribution in [0.2, 0.25) is 0 Å². The predicted octanol–water partition coefficient (Wildman–Crippen LogP) is 33.2. The van der Waals surface area contributed by atoms with Gasteiger partial charge in [-0.05, 0) is 282 Å². The summed E-state index contributed by atoms with van der Waals surface area (Å²) < 4.78 is 30.2. The fourth-order valence-corrected chi connectivity index (χ4v) is 21.8. The van der Waals surface area contributed by atoms with Gasteiger partial charge in [0.25, 0.3) is 0 Å². The Hall–Kier alpha value is -19.9. The van der Waals surface area contributed by atoms with E-state index in [-0.39, 0.29) is 23.9 Å². The van der Waals surface area contributed by atoms with E-state index >= 15 is 0 Å². The third-order valence-electron chi connectivity index (χ3n) is 28.7. The summed E-state index contributed by atoms with van der Waals surface area (Å²) in [5, 5.41) is 9.55. The summed E-state index contributed by atoms with van der Waals surface area (Å²) >= 11 is 0. The lowest BCUT2D eigenvalue weighted by Gasteiger charge is -2.26. The van der Waals surface area contributed by atoms with Gasteiger partial charge in [-0.1, -0.05) is 255 Å². The number of carbonyl (C=O) groups is 4. The number of hydrogen-bond acceptors (Lipinski definition) is 11. The summed E-state index contributed by atoms with van der Waals surface area (Å²) in [6, 6.07) is 175. The highest BCUT2D eigenvalue weighted by molar-refractivity contribution is 6.16. The van der Waals surface area contributed by atoms with Crippen LogP contribution < -0.4 is 14.7 Å². The molecule has 8 heterocycles. The molecule has 15 heteroatoms. The van der Waals surface area contributed by atoms with Crippen LogP contribution in [0.4, 0.5) is 51.2 Å². The number of benzene rings is 21. The summed E-state index contributed by atoms with van der Waals surface area (Å²) in [6.45, 7) is 1.31. The van der Waals surface area contributed by atoms with Gasteiger partial charge in [-0.25, -0.2) is 19.2 Å². The molecule has 0 spiro atoms. The molecule has 0 bridgehead atoms. The molecule has 0 unspecified atom stereocenters. The Kier molecular flexibility index (Phi) is 22.8. The lowest BCUT2D eigenvalue weighted by Crippen LogP contribution is -2.09. The number of rotatable bonds is 16. The van der Waals surface area contributed by atoms with E-state index in [9.17, 15) is 19.2 Å². The van der Waals surface area contributed by atoms with Gasteiger partial charge in [-0.2, -0.15) is 0 Å². The largest absolute Gasteiger partial charge is 0.457 e. The quantitative estimate of drug-likeness (QED) is 0.0676. The van der Waals surface area contributed by atoms with Crippen LogP contribution in [0.1, 0.15) is 63.7 Å². The van der Waals surface area contributed by atoms with E-state index in [1.165, 1.54) is 65.6 Å². The topological polar surface area (TPSA) is 135 Å². The summed E-state index contributed by atoms with van der Waals surface area (Å²) in [5.74, 6) is -0.978. The van der Waals surface area contributed by atoms with Crippen molar-refractivity contribution in [2.45, 2.75) is 26.4 Å². The molecule has 0 amide bonds. The lowest BCUT2D eigenvalue weighted by molar-refractivity contribution is 0.0526. The molecule has 0 atom stereocenters. The summed E-state index contributed by atoms with van der Waals surface area (Å²) in [5.41, 5.74) is 36.4. The van der Waals surface area contributed by atoms with Gasteiger partial charge >= 0.3 is 23.9 Å². The van der Waals surface area contributed by atoms with Gasteiger partial charge in [0.1, 0.15) is 26.4 Å². The first-order valence-electron chi connectivity index (χ1n) is 49.9. The Bertz CT molecular complexity index is 9140. The van der Waals surface area contributed by atoms with Crippen LogP contribution >= 0.6 is 0 Å². The fraction of sp³-hybridized carbons (Fsp3) is 0.0299. The second-order valence-electron chi connectivity index (χ2n) is 37.5. The maximum absolute atomic E-state index is 12.3. The second-order valence-corrected chi connectivity index (χ2v) is 37.5. The van der Waals surface area contributed by atoms with Crippen LogP contribution in [0, 0.1) is 0 Å². The fourth-order valence-electron chi connectivity index (χ4n) is 21.8. The molecule has 25 aromatic rings. The minimum absolute atomic E-state index is 0.233. The lowest BCUT2D eigenvalue weighted by atomic mass is 10.00. The van der Waals surface area contributed by atoms with Crippen molar-refractivity contribution in [2.75, 3.05) is 14.7 Å². The van der Waals surface area contributed by atoms with Crippen molar-refractivity contribution in [3.63, 3.8) is 0 Å². The monoisotopic (exact) mass is 1930 g/mol. The minimum Gasteiger partial charge on any atom is -0.457 e. The third-order valence-corrected chi connectivity index (χ3v) is 28.7. The molecule has 149 heavy (non-hydrogen) atoms. The Morgan fingerprint density at radius 1 is 0.154 bits per heavy atom. The minimum atomic E-state index is -0.262. The molecular weight excluding hydrogens is 1840 g/mol. The number of fused-ring (bicyclic) bond motifs is 16. The molecule has 0 radical (unpaired) electrons. The molecule has 4 aliphatic heterocycles. The van der Waals surface area contributed by atoms with Crippen LogP contribution in [0.5, 0.6) is 0 Å². The van der Waals surface area contributed by atoms with Crippen molar-refractivity contribution in [2.24, 2.45) is 0 Å².